The molecule has 0 aliphatic carbocycles. The molecule has 0 aromatic heterocycles. The van der Waals surface area contributed by atoms with Crippen molar-refractivity contribution >= 4 is 45.2 Å². The third-order valence-corrected chi connectivity index (χ3v) is 7.72. The first-order valence-electron chi connectivity index (χ1n) is 11.2. The van der Waals surface area contributed by atoms with Gasteiger partial charge in [0.25, 0.3) is 0 Å². The van der Waals surface area contributed by atoms with E-state index in [2.05, 4.69) is 0 Å². The normalized spacial score (nSPS) is 11.8. The maximum atomic E-state index is 10.4. The highest BCUT2D eigenvalue weighted by molar-refractivity contribution is 7.64. The van der Waals surface area contributed by atoms with Crippen LogP contribution in [0.25, 0.3) is 0 Å². The molecule has 0 aromatic carbocycles. The Morgan fingerprint density at radius 2 is 0.778 bits per heavy atom. The lowest BCUT2D eigenvalue weighted by Gasteiger charge is -2.07. The largest absolute Gasteiger partial charge is 0.481 e. The number of rotatable bonds is 21. The van der Waals surface area contributed by atoms with Gasteiger partial charge in [-0.3, -0.25) is 4.79 Å². The van der Waals surface area contributed by atoms with Gasteiger partial charge in [-0.1, -0.05) is 109 Å². The molecule has 0 bridgehead atoms. The van der Waals surface area contributed by atoms with E-state index in [1.165, 1.54) is 96.3 Å². The van der Waals surface area contributed by atoms with Crippen LogP contribution in [0.3, 0.4) is 0 Å². The molecule has 0 atom stereocenters. The summed E-state index contributed by atoms with van der Waals surface area (Å²) < 4.78 is 0. The fraction of sp³-hybridized carbons (Fsp3) is 0.952. The minimum atomic E-state index is -2.37. The predicted octanol–water partition coefficient (Wildman–Crippen LogP) is 9.14. The lowest BCUT2D eigenvalue weighted by atomic mass is 10.0. The third-order valence-electron chi connectivity index (χ3n) is 5.10. The van der Waals surface area contributed by atoms with Gasteiger partial charge in [0.1, 0.15) is 0 Å². The SMILES string of the molecule is O=C(O)CCCCCCCCCCCCCCCCCCCC[Si](Cl)(Cl)Cl. The van der Waals surface area contributed by atoms with Gasteiger partial charge in [0, 0.05) is 6.42 Å². The Morgan fingerprint density at radius 1 is 0.519 bits per heavy atom. The standard InChI is InChI=1S/C21H41Cl3O2Si/c22-27(23,24)20-18-16-14-12-10-8-6-4-2-1-3-5-7-9-11-13-15-17-19-21(25)26/h1-20H2,(H,25,26). The molecule has 0 rings (SSSR count). The number of carboxylic acids is 1. The highest BCUT2D eigenvalue weighted by Crippen LogP contribution is 2.27. The van der Waals surface area contributed by atoms with E-state index in [1.54, 1.807) is 0 Å². The predicted molar refractivity (Wildman–Crippen MR) is 123 cm³/mol. The van der Waals surface area contributed by atoms with E-state index in [-0.39, 0.29) is 0 Å². The van der Waals surface area contributed by atoms with Crippen LogP contribution in [0.1, 0.15) is 122 Å². The van der Waals surface area contributed by atoms with Crippen LogP contribution in [0, 0.1) is 0 Å². The van der Waals surface area contributed by atoms with Crippen molar-refractivity contribution in [2.24, 2.45) is 0 Å². The van der Waals surface area contributed by atoms with Gasteiger partial charge in [-0.05, 0) is 12.5 Å². The molecule has 1 N–H and O–H groups in total. The van der Waals surface area contributed by atoms with Crippen molar-refractivity contribution in [2.45, 2.75) is 128 Å². The third kappa shape index (κ3) is 26.6. The van der Waals surface area contributed by atoms with Crippen LogP contribution in [-0.2, 0) is 4.79 Å². The molecule has 0 saturated carbocycles. The van der Waals surface area contributed by atoms with Crippen molar-refractivity contribution in [1.29, 1.82) is 0 Å². The summed E-state index contributed by atoms with van der Waals surface area (Å²) in [4.78, 5) is 10.4. The Hall–Kier alpha value is 0.557. The van der Waals surface area contributed by atoms with E-state index in [1.807, 2.05) is 0 Å². The van der Waals surface area contributed by atoms with E-state index in [9.17, 15) is 4.79 Å². The first-order chi connectivity index (χ1) is 12.9. The first-order valence-corrected chi connectivity index (χ1v) is 16.4. The molecule has 0 saturated heterocycles. The van der Waals surface area contributed by atoms with E-state index in [0.717, 1.165) is 25.3 Å². The van der Waals surface area contributed by atoms with Crippen molar-refractivity contribution in [3.05, 3.63) is 0 Å². The zero-order valence-corrected chi connectivity index (χ0v) is 20.4. The summed E-state index contributed by atoms with van der Waals surface area (Å²) in [5.74, 6) is -0.662. The van der Waals surface area contributed by atoms with Crippen molar-refractivity contribution in [1.82, 2.24) is 0 Å². The molecule has 0 aliphatic heterocycles. The molecule has 0 unspecified atom stereocenters. The van der Waals surface area contributed by atoms with Crippen molar-refractivity contribution in [2.75, 3.05) is 0 Å². The van der Waals surface area contributed by atoms with Crippen LogP contribution < -0.4 is 0 Å². The number of hydrogen-bond acceptors (Lipinski definition) is 1. The second-order valence-corrected chi connectivity index (χ2v) is 17.2. The minimum absolute atomic E-state index is 0.333. The van der Waals surface area contributed by atoms with Gasteiger partial charge in [-0.2, -0.15) is 0 Å². The summed E-state index contributed by atoms with van der Waals surface area (Å²) in [6.45, 7) is 0. The number of carbonyl (C=O) groups is 1. The minimum Gasteiger partial charge on any atom is -0.481 e. The molecule has 0 amide bonds. The molecule has 0 spiro atoms. The highest BCUT2D eigenvalue weighted by atomic mass is 35.8. The van der Waals surface area contributed by atoms with Gasteiger partial charge in [-0.15, -0.1) is 33.2 Å². The lowest BCUT2D eigenvalue weighted by molar-refractivity contribution is -0.137. The van der Waals surface area contributed by atoms with Gasteiger partial charge >= 0.3 is 12.0 Å². The van der Waals surface area contributed by atoms with Crippen molar-refractivity contribution in [3.63, 3.8) is 0 Å². The average Bonchev–Trinajstić information content (AvgIpc) is 2.58. The van der Waals surface area contributed by atoms with Crippen LogP contribution in [0.2, 0.25) is 6.04 Å². The molecular formula is C21H41Cl3O2Si. The lowest BCUT2D eigenvalue weighted by Crippen LogP contribution is -2.07. The van der Waals surface area contributed by atoms with E-state index >= 15 is 0 Å². The molecular weight excluding hydrogens is 419 g/mol. The Labute approximate surface area is 182 Å². The fourth-order valence-electron chi connectivity index (χ4n) is 3.43. The van der Waals surface area contributed by atoms with Gasteiger partial charge in [0.15, 0.2) is 0 Å². The number of carboxylic acid groups (broad SMARTS) is 1. The van der Waals surface area contributed by atoms with Crippen LogP contribution in [-0.4, -0.2) is 17.1 Å². The Balaban J connectivity index is 3.04. The van der Waals surface area contributed by atoms with Gasteiger partial charge in [0.05, 0.1) is 0 Å². The summed E-state index contributed by atoms with van der Waals surface area (Å²) in [7, 11) is 0. The van der Waals surface area contributed by atoms with E-state index in [0.29, 0.717) is 6.42 Å². The number of aliphatic carboxylic acids is 1. The second kappa shape index (κ2) is 19.9. The fourth-order valence-corrected chi connectivity index (χ4v) is 5.28. The molecule has 6 heteroatoms. The number of hydrogen-bond donors (Lipinski definition) is 1. The zero-order chi connectivity index (χ0) is 20.2. The average molecular weight is 460 g/mol. The van der Waals surface area contributed by atoms with Gasteiger partial charge < -0.3 is 5.11 Å². The summed E-state index contributed by atoms with van der Waals surface area (Å²) in [6, 6.07) is -1.56. The zero-order valence-electron chi connectivity index (χ0n) is 17.1. The highest BCUT2D eigenvalue weighted by Gasteiger charge is 2.23. The molecule has 27 heavy (non-hydrogen) atoms. The Morgan fingerprint density at radius 3 is 1.04 bits per heavy atom. The molecule has 0 radical (unpaired) electrons. The topological polar surface area (TPSA) is 37.3 Å². The number of unbranched alkanes of at least 4 members (excludes halogenated alkanes) is 17. The van der Waals surface area contributed by atoms with Crippen LogP contribution >= 0.6 is 33.2 Å². The van der Waals surface area contributed by atoms with Crippen LogP contribution in [0.5, 0.6) is 0 Å². The van der Waals surface area contributed by atoms with Crippen molar-refractivity contribution < 1.29 is 9.90 Å². The Kier molecular flexibility index (Phi) is 20.3. The van der Waals surface area contributed by atoms with Crippen LogP contribution in [0.4, 0.5) is 0 Å². The smallest absolute Gasteiger partial charge is 0.341 e. The molecule has 0 heterocycles. The van der Waals surface area contributed by atoms with Crippen molar-refractivity contribution in [3.8, 4) is 0 Å². The quantitative estimate of drug-likeness (QED) is 0.105. The molecule has 0 aliphatic rings. The molecule has 162 valence electrons. The first kappa shape index (κ1) is 27.6. The summed E-state index contributed by atoms with van der Waals surface area (Å²) in [5, 5.41) is 8.57. The molecule has 0 aromatic rings. The molecule has 0 fully saturated rings. The Bertz CT molecular complexity index is 336. The second-order valence-electron chi connectivity index (χ2n) is 7.87. The summed E-state index contributed by atoms with van der Waals surface area (Å²) >= 11 is 17.6. The van der Waals surface area contributed by atoms with Gasteiger partial charge in [0.2, 0.25) is 0 Å². The van der Waals surface area contributed by atoms with E-state index in [4.69, 9.17) is 38.3 Å². The molecule has 2 nitrogen and oxygen atoms in total. The summed E-state index contributed by atoms with van der Waals surface area (Å²) in [6.07, 6.45) is 23.3. The van der Waals surface area contributed by atoms with Gasteiger partial charge in [-0.25, -0.2) is 0 Å². The number of halogens is 3. The summed E-state index contributed by atoms with van der Waals surface area (Å²) in [5.41, 5.74) is 0. The maximum absolute atomic E-state index is 10.4. The maximum Gasteiger partial charge on any atom is 0.341 e. The van der Waals surface area contributed by atoms with E-state index < -0.39 is 12.0 Å². The van der Waals surface area contributed by atoms with Crippen LogP contribution in [0.15, 0.2) is 0 Å². The monoisotopic (exact) mass is 458 g/mol.